The lowest BCUT2D eigenvalue weighted by molar-refractivity contribution is 0.0616. The lowest BCUT2D eigenvalue weighted by atomic mass is 9.81. The van der Waals surface area contributed by atoms with Gasteiger partial charge in [-0.2, -0.15) is 0 Å². The van der Waals surface area contributed by atoms with Crippen molar-refractivity contribution in [1.29, 1.82) is 0 Å². The summed E-state index contributed by atoms with van der Waals surface area (Å²) in [5.41, 5.74) is 8.48. The largest absolute Gasteiger partial charge is 0.391 e. The van der Waals surface area contributed by atoms with Gasteiger partial charge in [0.05, 0.1) is 12.1 Å². The predicted octanol–water partition coefficient (Wildman–Crippen LogP) is 2.94. The first kappa shape index (κ1) is 12.6. The highest BCUT2D eigenvalue weighted by Gasteiger charge is 2.28. The van der Waals surface area contributed by atoms with Crippen LogP contribution in [0.2, 0.25) is 0 Å². The topological polar surface area (TPSA) is 46.2 Å². The Balaban J connectivity index is 2.08. The Morgan fingerprint density at radius 2 is 1.82 bits per heavy atom. The summed E-state index contributed by atoms with van der Waals surface area (Å²) in [5, 5.41) is 10.4. The number of hydrogen-bond donors (Lipinski definition) is 2. The molecule has 1 aliphatic carbocycles. The molecule has 0 bridgehead atoms. The number of rotatable bonds is 3. The van der Waals surface area contributed by atoms with Crippen LogP contribution in [0.3, 0.4) is 0 Å². The molecule has 0 amide bonds. The van der Waals surface area contributed by atoms with E-state index in [-0.39, 0.29) is 6.04 Å². The van der Waals surface area contributed by atoms with Crippen molar-refractivity contribution in [3.63, 3.8) is 0 Å². The van der Waals surface area contributed by atoms with E-state index in [4.69, 9.17) is 5.73 Å². The molecule has 1 aliphatic rings. The second-order valence-electron chi connectivity index (χ2n) is 5.27. The number of aliphatic hydroxyl groups excluding tert-OH is 1. The van der Waals surface area contributed by atoms with Gasteiger partial charge < -0.3 is 10.8 Å². The first-order valence-electron chi connectivity index (χ1n) is 6.69. The molecule has 2 heteroatoms. The van der Waals surface area contributed by atoms with E-state index in [0.717, 1.165) is 18.4 Å². The van der Waals surface area contributed by atoms with Gasteiger partial charge in [0.1, 0.15) is 0 Å². The number of benzene rings is 1. The van der Waals surface area contributed by atoms with E-state index in [2.05, 4.69) is 13.0 Å². The molecule has 2 rings (SSSR count). The highest BCUT2D eigenvalue weighted by Crippen LogP contribution is 2.32. The number of nitrogens with two attached hydrogens (primary N) is 1. The summed E-state index contributed by atoms with van der Waals surface area (Å²) in [5.74, 6) is 0.387. The van der Waals surface area contributed by atoms with Gasteiger partial charge in [0, 0.05) is 0 Å². The smallest absolute Gasteiger partial charge is 0.0760 e. The fraction of sp³-hybridized carbons (Fsp3) is 0.600. The van der Waals surface area contributed by atoms with Gasteiger partial charge in [-0.1, -0.05) is 43.5 Å². The number of aryl methyl sites for hydroxylation is 1. The summed E-state index contributed by atoms with van der Waals surface area (Å²) >= 11 is 0. The van der Waals surface area contributed by atoms with Gasteiger partial charge in [-0.05, 0) is 36.8 Å². The summed E-state index contributed by atoms with van der Waals surface area (Å²) in [4.78, 5) is 0. The maximum Gasteiger partial charge on any atom is 0.0760 e. The van der Waals surface area contributed by atoms with Crippen LogP contribution < -0.4 is 5.73 Å². The van der Waals surface area contributed by atoms with Crippen molar-refractivity contribution in [2.24, 2.45) is 11.7 Å². The zero-order valence-electron chi connectivity index (χ0n) is 10.6. The Morgan fingerprint density at radius 1 is 1.18 bits per heavy atom. The molecule has 0 aliphatic heterocycles. The van der Waals surface area contributed by atoms with Crippen LogP contribution in [0.25, 0.3) is 0 Å². The van der Waals surface area contributed by atoms with Crippen molar-refractivity contribution in [3.8, 4) is 0 Å². The van der Waals surface area contributed by atoms with Crippen LogP contribution in [0.1, 0.15) is 49.3 Å². The maximum atomic E-state index is 10.4. The molecule has 0 aromatic heterocycles. The molecular weight excluding hydrogens is 210 g/mol. The molecule has 3 N–H and O–H groups in total. The zero-order valence-corrected chi connectivity index (χ0v) is 10.6. The van der Waals surface area contributed by atoms with Crippen molar-refractivity contribution in [3.05, 3.63) is 35.4 Å². The average molecular weight is 233 g/mol. The van der Waals surface area contributed by atoms with Crippen molar-refractivity contribution in [1.82, 2.24) is 0 Å². The van der Waals surface area contributed by atoms with Crippen LogP contribution in [-0.4, -0.2) is 11.2 Å². The summed E-state index contributed by atoms with van der Waals surface area (Å²) in [6.07, 6.45) is 5.64. The molecule has 1 aromatic carbocycles. The van der Waals surface area contributed by atoms with E-state index in [9.17, 15) is 5.11 Å². The van der Waals surface area contributed by atoms with Crippen molar-refractivity contribution in [2.75, 3.05) is 0 Å². The Labute approximate surface area is 104 Å². The van der Waals surface area contributed by atoms with Crippen LogP contribution >= 0.6 is 0 Å². The van der Waals surface area contributed by atoms with Crippen LogP contribution in [0, 0.1) is 12.8 Å². The van der Waals surface area contributed by atoms with Gasteiger partial charge in [0.2, 0.25) is 0 Å². The van der Waals surface area contributed by atoms with Gasteiger partial charge in [-0.25, -0.2) is 0 Å². The second kappa shape index (κ2) is 5.65. The fourth-order valence-corrected chi connectivity index (χ4v) is 2.91. The molecule has 2 atom stereocenters. The minimum atomic E-state index is -0.392. The summed E-state index contributed by atoms with van der Waals surface area (Å²) < 4.78 is 0. The fourth-order valence-electron chi connectivity index (χ4n) is 2.91. The molecule has 0 radical (unpaired) electrons. The van der Waals surface area contributed by atoms with Crippen molar-refractivity contribution < 1.29 is 5.11 Å². The average Bonchev–Trinajstić information content (AvgIpc) is 2.39. The summed E-state index contributed by atoms with van der Waals surface area (Å²) in [7, 11) is 0. The van der Waals surface area contributed by atoms with Crippen LogP contribution in [-0.2, 0) is 0 Å². The molecule has 0 saturated heterocycles. The van der Waals surface area contributed by atoms with Gasteiger partial charge in [0.15, 0.2) is 0 Å². The van der Waals surface area contributed by atoms with Crippen LogP contribution in [0.15, 0.2) is 24.3 Å². The highest BCUT2D eigenvalue weighted by atomic mass is 16.3. The van der Waals surface area contributed by atoms with Gasteiger partial charge in [-0.15, -0.1) is 0 Å². The highest BCUT2D eigenvalue weighted by molar-refractivity contribution is 5.29. The molecule has 0 spiro atoms. The molecule has 1 saturated carbocycles. The third kappa shape index (κ3) is 2.88. The molecule has 0 heterocycles. The van der Waals surface area contributed by atoms with Crippen LogP contribution in [0.4, 0.5) is 0 Å². The van der Waals surface area contributed by atoms with E-state index in [0.29, 0.717) is 5.92 Å². The lowest BCUT2D eigenvalue weighted by Crippen LogP contribution is -2.34. The Hall–Kier alpha value is -0.860. The second-order valence-corrected chi connectivity index (χ2v) is 5.27. The predicted molar refractivity (Wildman–Crippen MR) is 70.7 cm³/mol. The minimum absolute atomic E-state index is 0.237. The molecule has 17 heavy (non-hydrogen) atoms. The third-order valence-corrected chi connectivity index (χ3v) is 4.05. The molecular formula is C15H23NO. The zero-order chi connectivity index (χ0) is 12.3. The lowest BCUT2D eigenvalue weighted by Gasteiger charge is -2.31. The Morgan fingerprint density at radius 3 is 2.47 bits per heavy atom. The van der Waals surface area contributed by atoms with Crippen molar-refractivity contribution in [2.45, 2.75) is 51.2 Å². The van der Waals surface area contributed by atoms with E-state index in [1.54, 1.807) is 0 Å². The van der Waals surface area contributed by atoms with Gasteiger partial charge in [-0.3, -0.25) is 0 Å². The molecule has 0 unspecified atom stereocenters. The molecule has 2 nitrogen and oxygen atoms in total. The summed E-state index contributed by atoms with van der Waals surface area (Å²) in [6.45, 7) is 2.06. The Kier molecular flexibility index (Phi) is 4.19. The summed E-state index contributed by atoms with van der Waals surface area (Å²) in [6, 6.07) is 7.86. The monoisotopic (exact) mass is 233 g/mol. The standard InChI is InChI=1S/C15H23NO/c1-11-7-5-6-10-13(11)14(16)15(17)12-8-3-2-4-9-12/h5-7,10,12,14-15,17H,2-4,8-9,16H2,1H3/t14-,15+/m1/s1. The first-order chi connectivity index (χ1) is 8.20. The van der Waals surface area contributed by atoms with E-state index >= 15 is 0 Å². The SMILES string of the molecule is Cc1ccccc1[C@@H](N)[C@@H](O)C1CCCCC1. The maximum absolute atomic E-state index is 10.4. The van der Waals surface area contributed by atoms with Gasteiger partial charge in [0.25, 0.3) is 0 Å². The van der Waals surface area contributed by atoms with Crippen molar-refractivity contribution >= 4 is 0 Å². The number of hydrogen-bond acceptors (Lipinski definition) is 2. The van der Waals surface area contributed by atoms with Crippen LogP contribution in [0.5, 0.6) is 0 Å². The van der Waals surface area contributed by atoms with E-state index in [1.807, 2.05) is 18.2 Å². The molecule has 94 valence electrons. The quantitative estimate of drug-likeness (QED) is 0.843. The number of aliphatic hydroxyl groups is 1. The first-order valence-corrected chi connectivity index (χ1v) is 6.69. The minimum Gasteiger partial charge on any atom is -0.391 e. The molecule has 1 fully saturated rings. The van der Waals surface area contributed by atoms with E-state index < -0.39 is 6.10 Å². The normalized spacial score (nSPS) is 21.1. The Bertz CT molecular complexity index is 358. The molecule has 1 aromatic rings. The van der Waals surface area contributed by atoms with Gasteiger partial charge >= 0.3 is 0 Å². The van der Waals surface area contributed by atoms with E-state index in [1.165, 1.54) is 24.8 Å². The third-order valence-electron chi connectivity index (χ3n) is 4.05.